The van der Waals surface area contributed by atoms with Crippen molar-refractivity contribution in [1.82, 2.24) is 10.2 Å². The summed E-state index contributed by atoms with van der Waals surface area (Å²) in [6, 6.07) is 20.5. The van der Waals surface area contributed by atoms with E-state index in [0.29, 0.717) is 18.2 Å². The lowest BCUT2D eigenvalue weighted by Crippen LogP contribution is -2.35. The summed E-state index contributed by atoms with van der Waals surface area (Å²) < 4.78 is 5.81. The highest BCUT2D eigenvalue weighted by atomic mass is 16.4. The molecule has 0 fully saturated rings. The summed E-state index contributed by atoms with van der Waals surface area (Å²) in [6.45, 7) is 1.93. The highest BCUT2D eigenvalue weighted by Gasteiger charge is 2.28. The number of aromatic nitrogens is 2. The number of hydrogen-bond donors (Lipinski definition) is 1. The molecule has 0 radical (unpaired) electrons. The second-order valence-corrected chi connectivity index (χ2v) is 6.42. The van der Waals surface area contributed by atoms with E-state index in [1.165, 1.54) is 5.56 Å². The first-order valence-corrected chi connectivity index (χ1v) is 8.33. The molecule has 0 aliphatic carbocycles. The Morgan fingerprint density at radius 3 is 2.17 bits per heavy atom. The fourth-order valence-corrected chi connectivity index (χ4v) is 2.77. The normalized spacial score (nSPS) is 13.6. The van der Waals surface area contributed by atoms with Crippen LogP contribution in [0.1, 0.15) is 36.3 Å². The van der Waals surface area contributed by atoms with Crippen molar-refractivity contribution in [3.8, 4) is 0 Å². The van der Waals surface area contributed by atoms with Gasteiger partial charge in [-0.1, -0.05) is 60.7 Å². The van der Waals surface area contributed by atoms with Crippen molar-refractivity contribution in [2.45, 2.75) is 38.1 Å². The van der Waals surface area contributed by atoms with Crippen molar-refractivity contribution < 1.29 is 4.42 Å². The van der Waals surface area contributed by atoms with Gasteiger partial charge in [0.15, 0.2) is 0 Å². The molecule has 0 amide bonds. The summed E-state index contributed by atoms with van der Waals surface area (Å²) in [5, 5.41) is 8.33. The maximum absolute atomic E-state index is 6.41. The van der Waals surface area contributed by atoms with Crippen LogP contribution < -0.4 is 5.73 Å². The van der Waals surface area contributed by atoms with Crippen molar-refractivity contribution in [1.29, 1.82) is 0 Å². The molecule has 0 saturated heterocycles. The third-order valence-corrected chi connectivity index (χ3v) is 4.07. The third-order valence-electron chi connectivity index (χ3n) is 4.07. The molecule has 3 aromatic rings. The molecular weight excluding hydrogens is 298 g/mol. The third kappa shape index (κ3) is 4.30. The highest BCUT2D eigenvalue weighted by molar-refractivity contribution is 5.19. The molecule has 2 N–H and O–H groups in total. The lowest BCUT2D eigenvalue weighted by molar-refractivity contribution is 0.335. The van der Waals surface area contributed by atoms with Crippen LogP contribution in [-0.4, -0.2) is 10.2 Å². The van der Waals surface area contributed by atoms with Crippen LogP contribution in [0.15, 0.2) is 65.1 Å². The predicted octanol–water partition coefficient (Wildman–Crippen LogP) is 3.66. The fourth-order valence-electron chi connectivity index (χ4n) is 2.77. The maximum Gasteiger partial charge on any atom is 0.236 e. The zero-order valence-corrected chi connectivity index (χ0v) is 14.0. The van der Waals surface area contributed by atoms with Crippen LogP contribution in [0.2, 0.25) is 0 Å². The monoisotopic (exact) mass is 321 g/mol. The summed E-state index contributed by atoms with van der Waals surface area (Å²) >= 11 is 0. The van der Waals surface area contributed by atoms with Crippen LogP contribution >= 0.6 is 0 Å². The predicted molar refractivity (Wildman–Crippen MR) is 94.5 cm³/mol. The molecular formula is C20H23N3O. The molecule has 1 atom stereocenters. The van der Waals surface area contributed by atoms with Gasteiger partial charge in [0.2, 0.25) is 11.8 Å². The molecule has 124 valence electrons. The molecule has 0 spiro atoms. The fraction of sp³-hybridized carbons (Fsp3) is 0.300. The van der Waals surface area contributed by atoms with Gasteiger partial charge in [0.25, 0.3) is 0 Å². The van der Waals surface area contributed by atoms with Crippen LogP contribution in [-0.2, 0) is 24.8 Å². The molecule has 24 heavy (non-hydrogen) atoms. The molecule has 1 aromatic heterocycles. The van der Waals surface area contributed by atoms with Gasteiger partial charge in [-0.25, -0.2) is 0 Å². The Hall–Kier alpha value is -2.46. The molecule has 2 aromatic carbocycles. The Kier molecular flexibility index (Phi) is 5.06. The van der Waals surface area contributed by atoms with Crippen molar-refractivity contribution in [2.24, 2.45) is 5.73 Å². The van der Waals surface area contributed by atoms with Crippen LogP contribution in [0, 0.1) is 0 Å². The Morgan fingerprint density at radius 1 is 0.875 bits per heavy atom. The van der Waals surface area contributed by atoms with Gasteiger partial charge in [0.1, 0.15) is 0 Å². The Morgan fingerprint density at radius 2 is 1.50 bits per heavy atom. The van der Waals surface area contributed by atoms with E-state index in [0.717, 1.165) is 24.8 Å². The molecule has 1 heterocycles. The van der Waals surface area contributed by atoms with Gasteiger partial charge in [-0.3, -0.25) is 0 Å². The number of nitrogens with zero attached hydrogens (tertiary/aromatic N) is 2. The zero-order valence-electron chi connectivity index (χ0n) is 14.0. The van der Waals surface area contributed by atoms with Gasteiger partial charge < -0.3 is 10.2 Å². The summed E-state index contributed by atoms with van der Waals surface area (Å²) in [6.07, 6.45) is 3.41. The minimum absolute atomic E-state index is 0.501. The molecule has 0 saturated carbocycles. The van der Waals surface area contributed by atoms with Gasteiger partial charge in [-0.2, -0.15) is 0 Å². The quantitative estimate of drug-likeness (QED) is 0.721. The summed E-state index contributed by atoms with van der Waals surface area (Å²) in [5.74, 6) is 1.16. The highest BCUT2D eigenvalue weighted by Crippen LogP contribution is 2.22. The number of benzene rings is 2. The van der Waals surface area contributed by atoms with Crippen LogP contribution in [0.3, 0.4) is 0 Å². The Bertz CT molecular complexity index is 751. The van der Waals surface area contributed by atoms with E-state index in [-0.39, 0.29) is 0 Å². The topological polar surface area (TPSA) is 64.9 Å². The summed E-state index contributed by atoms with van der Waals surface area (Å²) in [7, 11) is 0. The molecule has 4 nitrogen and oxygen atoms in total. The van der Waals surface area contributed by atoms with Gasteiger partial charge in [-0.15, -0.1) is 10.2 Å². The zero-order chi connectivity index (χ0) is 16.8. The Balaban J connectivity index is 1.58. The van der Waals surface area contributed by atoms with Gasteiger partial charge in [0.05, 0.1) is 5.54 Å². The van der Waals surface area contributed by atoms with Crippen molar-refractivity contribution in [3.63, 3.8) is 0 Å². The lowest BCUT2D eigenvalue weighted by atomic mass is 9.94. The standard InChI is InChI=1S/C20H23N3O/c1-20(21,15-17-11-6-3-7-12-17)19-23-22-18(24-19)14-8-13-16-9-4-2-5-10-16/h2-7,9-12H,8,13-15,21H2,1H3/t20-/m0/s1. The van der Waals surface area contributed by atoms with Gasteiger partial charge in [0, 0.05) is 6.42 Å². The molecule has 0 aliphatic rings. The van der Waals surface area contributed by atoms with E-state index in [9.17, 15) is 0 Å². The second-order valence-electron chi connectivity index (χ2n) is 6.42. The van der Waals surface area contributed by atoms with Crippen molar-refractivity contribution >= 4 is 0 Å². The first kappa shape index (κ1) is 16.4. The molecule has 4 heteroatoms. The maximum atomic E-state index is 6.41. The first-order chi connectivity index (χ1) is 11.6. The number of nitrogens with two attached hydrogens (primary N) is 1. The largest absolute Gasteiger partial charge is 0.423 e. The average molecular weight is 321 g/mol. The van der Waals surface area contributed by atoms with Crippen LogP contribution in [0.25, 0.3) is 0 Å². The van der Waals surface area contributed by atoms with E-state index >= 15 is 0 Å². The number of rotatable bonds is 7. The van der Waals surface area contributed by atoms with Gasteiger partial charge >= 0.3 is 0 Å². The average Bonchev–Trinajstić information content (AvgIpc) is 3.06. The number of aryl methyl sites for hydroxylation is 2. The minimum Gasteiger partial charge on any atom is -0.423 e. The van der Waals surface area contributed by atoms with Crippen LogP contribution in [0.4, 0.5) is 0 Å². The summed E-state index contributed by atoms with van der Waals surface area (Å²) in [5.41, 5.74) is 8.23. The lowest BCUT2D eigenvalue weighted by Gasteiger charge is -2.20. The minimum atomic E-state index is -0.661. The first-order valence-electron chi connectivity index (χ1n) is 8.33. The van der Waals surface area contributed by atoms with E-state index in [4.69, 9.17) is 10.2 Å². The van der Waals surface area contributed by atoms with E-state index in [2.05, 4.69) is 46.6 Å². The number of hydrogen-bond acceptors (Lipinski definition) is 4. The molecule has 0 aliphatic heterocycles. The van der Waals surface area contributed by atoms with E-state index < -0.39 is 5.54 Å². The molecule has 3 rings (SSSR count). The molecule has 0 bridgehead atoms. The SMILES string of the molecule is C[C@](N)(Cc1ccccc1)c1nnc(CCCc2ccccc2)o1. The summed E-state index contributed by atoms with van der Waals surface area (Å²) in [4.78, 5) is 0. The van der Waals surface area contributed by atoms with E-state index in [1.807, 2.05) is 31.2 Å². The Labute approximate surface area is 142 Å². The van der Waals surface area contributed by atoms with E-state index in [1.54, 1.807) is 0 Å². The molecule has 0 unspecified atom stereocenters. The smallest absolute Gasteiger partial charge is 0.236 e. The van der Waals surface area contributed by atoms with Crippen molar-refractivity contribution in [3.05, 3.63) is 83.6 Å². The van der Waals surface area contributed by atoms with Crippen molar-refractivity contribution in [2.75, 3.05) is 0 Å². The van der Waals surface area contributed by atoms with Crippen LogP contribution in [0.5, 0.6) is 0 Å². The second kappa shape index (κ2) is 7.41. The van der Waals surface area contributed by atoms with Gasteiger partial charge in [-0.05, 0) is 37.3 Å².